The summed E-state index contributed by atoms with van der Waals surface area (Å²) in [5, 5.41) is 25.5. The Morgan fingerprint density at radius 1 is 1.67 bits per heavy atom. The third-order valence-corrected chi connectivity index (χ3v) is 1.25. The molecule has 0 saturated heterocycles. The maximum absolute atomic E-state index is 8.94. The highest BCUT2D eigenvalue weighted by atomic mass is 16.3. The summed E-state index contributed by atoms with van der Waals surface area (Å²) < 4.78 is 0. The lowest BCUT2D eigenvalue weighted by atomic mass is 10.0. The van der Waals surface area contributed by atoms with Gasteiger partial charge in [0.2, 0.25) is 0 Å². The zero-order valence-electron chi connectivity index (χ0n) is 5.41. The zero-order valence-corrected chi connectivity index (χ0v) is 5.41. The Labute approximate surface area is 54.5 Å². The lowest BCUT2D eigenvalue weighted by Gasteiger charge is -2.11. The first kappa shape index (κ1) is 8.41. The standard InChI is InChI=1S/C6H11NO2/c1-5(4-8)6(9)2-3-7/h5-6,8-9H,2,4H2,1H3/t5-,6+/m1/s1. The molecule has 0 bridgehead atoms. The second-order valence-electron chi connectivity index (χ2n) is 2.09. The average molecular weight is 129 g/mol. The summed E-state index contributed by atoms with van der Waals surface area (Å²) >= 11 is 0. The molecule has 0 radical (unpaired) electrons. The van der Waals surface area contributed by atoms with Crippen LogP contribution in [0.1, 0.15) is 13.3 Å². The van der Waals surface area contributed by atoms with Crippen molar-refractivity contribution in [3.63, 3.8) is 0 Å². The Morgan fingerprint density at radius 3 is 2.56 bits per heavy atom. The Kier molecular flexibility index (Phi) is 4.02. The van der Waals surface area contributed by atoms with Crippen molar-refractivity contribution < 1.29 is 10.2 Å². The van der Waals surface area contributed by atoms with Gasteiger partial charge in [-0.25, -0.2) is 0 Å². The number of aliphatic hydroxyl groups is 2. The molecule has 0 aliphatic heterocycles. The Hall–Kier alpha value is -0.590. The quantitative estimate of drug-likeness (QED) is 0.558. The molecule has 0 rings (SSSR count). The van der Waals surface area contributed by atoms with Gasteiger partial charge in [0, 0.05) is 12.5 Å². The molecule has 0 aliphatic carbocycles. The number of rotatable bonds is 3. The molecule has 3 heteroatoms. The summed E-state index contributed by atoms with van der Waals surface area (Å²) in [6.07, 6.45) is -0.582. The molecular weight excluding hydrogens is 118 g/mol. The minimum Gasteiger partial charge on any atom is -0.396 e. The number of nitrogens with zero attached hydrogens (tertiary/aromatic N) is 1. The third-order valence-electron chi connectivity index (χ3n) is 1.25. The van der Waals surface area contributed by atoms with Crippen LogP contribution in [0.2, 0.25) is 0 Å². The van der Waals surface area contributed by atoms with E-state index in [4.69, 9.17) is 15.5 Å². The summed E-state index contributed by atoms with van der Waals surface area (Å²) in [5.41, 5.74) is 0. The highest BCUT2D eigenvalue weighted by Crippen LogP contribution is 2.03. The van der Waals surface area contributed by atoms with Crippen molar-refractivity contribution in [1.82, 2.24) is 0 Å². The van der Waals surface area contributed by atoms with E-state index in [-0.39, 0.29) is 18.9 Å². The molecular formula is C6H11NO2. The first-order chi connectivity index (χ1) is 4.22. The molecule has 0 heterocycles. The summed E-state index contributed by atoms with van der Waals surface area (Å²) in [6, 6.07) is 1.82. The van der Waals surface area contributed by atoms with Crippen molar-refractivity contribution >= 4 is 0 Å². The Bertz CT molecular complexity index is 108. The summed E-state index contributed by atoms with van der Waals surface area (Å²) in [7, 11) is 0. The molecule has 0 unspecified atom stereocenters. The van der Waals surface area contributed by atoms with Crippen molar-refractivity contribution in [3.8, 4) is 6.07 Å². The first-order valence-electron chi connectivity index (χ1n) is 2.88. The van der Waals surface area contributed by atoms with E-state index in [0.29, 0.717) is 0 Å². The molecule has 0 aromatic rings. The van der Waals surface area contributed by atoms with Gasteiger partial charge in [-0.05, 0) is 0 Å². The molecule has 0 saturated carbocycles. The summed E-state index contributed by atoms with van der Waals surface area (Å²) in [5.74, 6) is -0.190. The van der Waals surface area contributed by atoms with Crippen molar-refractivity contribution in [2.24, 2.45) is 5.92 Å². The van der Waals surface area contributed by atoms with Crippen molar-refractivity contribution in [2.75, 3.05) is 6.61 Å². The molecule has 2 atom stereocenters. The lowest BCUT2D eigenvalue weighted by Crippen LogP contribution is -2.19. The predicted molar refractivity (Wildman–Crippen MR) is 32.5 cm³/mol. The second kappa shape index (κ2) is 4.30. The molecule has 0 spiro atoms. The van der Waals surface area contributed by atoms with Gasteiger partial charge < -0.3 is 10.2 Å². The van der Waals surface area contributed by atoms with E-state index >= 15 is 0 Å². The van der Waals surface area contributed by atoms with Crippen LogP contribution in [0.25, 0.3) is 0 Å². The zero-order chi connectivity index (χ0) is 7.28. The Morgan fingerprint density at radius 2 is 2.22 bits per heavy atom. The van der Waals surface area contributed by atoms with E-state index in [2.05, 4.69) is 0 Å². The molecule has 3 nitrogen and oxygen atoms in total. The highest BCUT2D eigenvalue weighted by Gasteiger charge is 2.11. The van der Waals surface area contributed by atoms with E-state index in [9.17, 15) is 0 Å². The van der Waals surface area contributed by atoms with Crippen LogP contribution in [0.5, 0.6) is 0 Å². The van der Waals surface area contributed by atoms with Crippen molar-refractivity contribution in [3.05, 3.63) is 0 Å². The van der Waals surface area contributed by atoms with Crippen LogP contribution in [0.3, 0.4) is 0 Å². The summed E-state index contributed by atoms with van der Waals surface area (Å²) in [4.78, 5) is 0. The van der Waals surface area contributed by atoms with E-state index in [1.54, 1.807) is 6.92 Å². The lowest BCUT2D eigenvalue weighted by molar-refractivity contribution is 0.0807. The van der Waals surface area contributed by atoms with E-state index in [0.717, 1.165) is 0 Å². The number of aliphatic hydroxyl groups excluding tert-OH is 2. The van der Waals surface area contributed by atoms with Crippen LogP contribution in [0.4, 0.5) is 0 Å². The minimum atomic E-state index is -0.681. The van der Waals surface area contributed by atoms with Gasteiger partial charge in [0.25, 0.3) is 0 Å². The largest absolute Gasteiger partial charge is 0.396 e. The van der Waals surface area contributed by atoms with Crippen LogP contribution in [0, 0.1) is 17.2 Å². The third kappa shape index (κ3) is 3.07. The fourth-order valence-corrected chi connectivity index (χ4v) is 0.416. The molecule has 0 aliphatic rings. The monoisotopic (exact) mass is 129 g/mol. The Balaban J connectivity index is 3.48. The van der Waals surface area contributed by atoms with E-state index in [1.807, 2.05) is 6.07 Å². The number of hydrogen-bond acceptors (Lipinski definition) is 3. The molecule has 9 heavy (non-hydrogen) atoms. The van der Waals surface area contributed by atoms with Gasteiger partial charge in [-0.15, -0.1) is 0 Å². The van der Waals surface area contributed by atoms with Crippen LogP contribution in [-0.2, 0) is 0 Å². The van der Waals surface area contributed by atoms with E-state index < -0.39 is 6.10 Å². The number of nitriles is 1. The average Bonchev–Trinajstić information content (AvgIpc) is 1.87. The maximum Gasteiger partial charge on any atom is 0.0717 e. The van der Waals surface area contributed by atoms with Gasteiger partial charge in [-0.2, -0.15) is 5.26 Å². The van der Waals surface area contributed by atoms with Gasteiger partial charge in [-0.1, -0.05) is 6.92 Å². The van der Waals surface area contributed by atoms with Gasteiger partial charge >= 0.3 is 0 Å². The smallest absolute Gasteiger partial charge is 0.0717 e. The normalized spacial score (nSPS) is 16.2. The first-order valence-corrected chi connectivity index (χ1v) is 2.88. The van der Waals surface area contributed by atoms with Crippen LogP contribution >= 0.6 is 0 Å². The fraction of sp³-hybridized carbons (Fsp3) is 0.833. The molecule has 0 amide bonds. The van der Waals surface area contributed by atoms with Crippen LogP contribution in [-0.4, -0.2) is 22.9 Å². The fourth-order valence-electron chi connectivity index (χ4n) is 0.416. The number of hydrogen-bond donors (Lipinski definition) is 2. The van der Waals surface area contributed by atoms with Gasteiger partial charge in [0.1, 0.15) is 0 Å². The molecule has 0 aromatic heterocycles. The van der Waals surface area contributed by atoms with Crippen molar-refractivity contribution in [2.45, 2.75) is 19.4 Å². The highest BCUT2D eigenvalue weighted by molar-refractivity contribution is 4.77. The topological polar surface area (TPSA) is 64.2 Å². The molecule has 52 valence electrons. The van der Waals surface area contributed by atoms with Crippen LogP contribution < -0.4 is 0 Å². The van der Waals surface area contributed by atoms with Gasteiger partial charge in [0.05, 0.1) is 18.6 Å². The summed E-state index contributed by atoms with van der Waals surface area (Å²) in [6.45, 7) is 1.63. The second-order valence-corrected chi connectivity index (χ2v) is 2.09. The van der Waals surface area contributed by atoms with Gasteiger partial charge in [-0.3, -0.25) is 0 Å². The predicted octanol–water partition coefficient (Wildman–Crippen LogP) is -0.111. The minimum absolute atomic E-state index is 0.0666. The van der Waals surface area contributed by atoms with Crippen molar-refractivity contribution in [1.29, 1.82) is 5.26 Å². The van der Waals surface area contributed by atoms with Gasteiger partial charge in [0.15, 0.2) is 0 Å². The van der Waals surface area contributed by atoms with E-state index in [1.165, 1.54) is 0 Å². The molecule has 2 N–H and O–H groups in total. The van der Waals surface area contributed by atoms with Crippen LogP contribution in [0.15, 0.2) is 0 Å². The molecule has 0 aromatic carbocycles. The molecule has 0 fully saturated rings. The maximum atomic E-state index is 8.94. The SMILES string of the molecule is C[C@H](CO)[C@@H](O)CC#N.